The molecule has 0 N–H and O–H groups in total. The molecule has 0 saturated heterocycles. The van der Waals surface area contributed by atoms with Gasteiger partial charge in [0.1, 0.15) is 5.41 Å². The van der Waals surface area contributed by atoms with Gasteiger partial charge in [-0.25, -0.2) is 0 Å². The molecule has 1 aromatic rings. The molecule has 4 nitrogen and oxygen atoms in total. The van der Waals surface area contributed by atoms with E-state index in [1.807, 2.05) is 12.1 Å². The van der Waals surface area contributed by atoms with Crippen molar-refractivity contribution in [1.82, 2.24) is 0 Å². The van der Waals surface area contributed by atoms with Crippen LogP contribution in [0.1, 0.15) is 19.4 Å². The highest BCUT2D eigenvalue weighted by atomic mass is 16.2. The second-order valence-corrected chi connectivity index (χ2v) is 4.26. The van der Waals surface area contributed by atoms with Crippen molar-refractivity contribution in [2.45, 2.75) is 13.8 Å². The minimum Gasteiger partial charge on any atom is -0.314 e. The van der Waals surface area contributed by atoms with Crippen molar-refractivity contribution < 1.29 is 4.79 Å². The second kappa shape index (κ2) is 4.67. The molecule has 0 aliphatic rings. The lowest BCUT2D eigenvalue weighted by atomic mass is 9.94. The number of nitriles is 2. The Labute approximate surface area is 101 Å². The molecular weight excluding hydrogens is 214 g/mol. The lowest BCUT2D eigenvalue weighted by Gasteiger charge is -2.24. The molecule has 1 aromatic carbocycles. The summed E-state index contributed by atoms with van der Waals surface area (Å²) in [5.74, 6) is -0.273. The van der Waals surface area contributed by atoms with Gasteiger partial charge in [0.25, 0.3) is 0 Å². The Bertz CT molecular complexity index is 503. The third kappa shape index (κ3) is 2.62. The number of anilines is 1. The van der Waals surface area contributed by atoms with E-state index in [1.165, 1.54) is 4.90 Å². The minimum absolute atomic E-state index is 0.273. The summed E-state index contributed by atoms with van der Waals surface area (Å²) < 4.78 is 0. The van der Waals surface area contributed by atoms with Gasteiger partial charge in [0.05, 0.1) is 17.7 Å². The van der Waals surface area contributed by atoms with E-state index in [0.717, 1.165) is 0 Å². The van der Waals surface area contributed by atoms with Crippen molar-refractivity contribution in [2.75, 3.05) is 11.9 Å². The van der Waals surface area contributed by atoms with Crippen molar-refractivity contribution in [2.24, 2.45) is 5.41 Å². The van der Waals surface area contributed by atoms with E-state index in [1.54, 1.807) is 45.2 Å². The Kier molecular flexibility index (Phi) is 3.50. The molecule has 86 valence electrons. The number of rotatable bonds is 2. The lowest BCUT2D eigenvalue weighted by Crippen LogP contribution is -2.37. The Morgan fingerprint density at radius 3 is 2.18 bits per heavy atom. The Morgan fingerprint density at radius 1 is 1.24 bits per heavy atom. The summed E-state index contributed by atoms with van der Waals surface area (Å²) in [6, 6.07) is 10.6. The van der Waals surface area contributed by atoms with E-state index in [0.29, 0.717) is 11.3 Å². The van der Waals surface area contributed by atoms with Crippen LogP contribution in [0.3, 0.4) is 0 Å². The number of nitrogens with zero attached hydrogens (tertiary/aromatic N) is 3. The fraction of sp³-hybridized carbons (Fsp3) is 0.308. The molecule has 0 spiro atoms. The fourth-order valence-electron chi connectivity index (χ4n) is 1.34. The molecule has 0 bridgehead atoms. The fourth-order valence-corrected chi connectivity index (χ4v) is 1.34. The quantitative estimate of drug-likeness (QED) is 0.776. The summed E-state index contributed by atoms with van der Waals surface area (Å²) in [4.78, 5) is 13.4. The highest BCUT2D eigenvalue weighted by Crippen LogP contribution is 2.22. The third-order valence-electron chi connectivity index (χ3n) is 2.50. The van der Waals surface area contributed by atoms with E-state index in [4.69, 9.17) is 10.5 Å². The maximum absolute atomic E-state index is 12.0. The highest BCUT2D eigenvalue weighted by molar-refractivity contribution is 5.98. The SMILES string of the molecule is CN(C(=O)C(C)(C)C#N)c1ccc(C#N)cc1. The molecule has 0 aromatic heterocycles. The van der Waals surface area contributed by atoms with E-state index < -0.39 is 5.41 Å². The van der Waals surface area contributed by atoms with Crippen LogP contribution in [0.4, 0.5) is 5.69 Å². The van der Waals surface area contributed by atoms with Gasteiger partial charge in [-0.3, -0.25) is 4.79 Å². The van der Waals surface area contributed by atoms with Crippen molar-refractivity contribution in [3.63, 3.8) is 0 Å². The van der Waals surface area contributed by atoms with Crippen molar-refractivity contribution in [1.29, 1.82) is 10.5 Å². The van der Waals surface area contributed by atoms with Crippen LogP contribution < -0.4 is 4.90 Å². The number of benzene rings is 1. The first kappa shape index (κ1) is 12.7. The molecule has 0 saturated carbocycles. The van der Waals surface area contributed by atoms with E-state index in [2.05, 4.69) is 0 Å². The molecule has 17 heavy (non-hydrogen) atoms. The van der Waals surface area contributed by atoms with Crippen LogP contribution in [0.2, 0.25) is 0 Å². The Morgan fingerprint density at radius 2 is 1.76 bits per heavy atom. The predicted molar refractivity (Wildman–Crippen MR) is 64.0 cm³/mol. The normalized spacial score (nSPS) is 10.2. The number of carbonyl (C=O) groups is 1. The first-order valence-corrected chi connectivity index (χ1v) is 5.12. The summed E-state index contributed by atoms with van der Waals surface area (Å²) in [5, 5.41) is 17.6. The van der Waals surface area contributed by atoms with Gasteiger partial charge >= 0.3 is 0 Å². The first-order valence-electron chi connectivity index (χ1n) is 5.12. The van der Waals surface area contributed by atoms with Crippen LogP contribution in [-0.2, 0) is 4.79 Å². The maximum atomic E-state index is 12.0. The van der Waals surface area contributed by atoms with Gasteiger partial charge < -0.3 is 4.90 Å². The Hall–Kier alpha value is -2.33. The summed E-state index contributed by atoms with van der Waals surface area (Å²) >= 11 is 0. The summed E-state index contributed by atoms with van der Waals surface area (Å²) in [6.45, 7) is 3.16. The molecular formula is C13H13N3O. The van der Waals surface area contributed by atoms with Gasteiger partial charge in [0.2, 0.25) is 5.91 Å². The smallest absolute Gasteiger partial charge is 0.246 e. The molecule has 0 heterocycles. The first-order chi connectivity index (χ1) is 7.92. The number of hydrogen-bond acceptors (Lipinski definition) is 3. The van der Waals surface area contributed by atoms with Gasteiger partial charge in [0.15, 0.2) is 0 Å². The highest BCUT2D eigenvalue weighted by Gasteiger charge is 2.30. The third-order valence-corrected chi connectivity index (χ3v) is 2.50. The predicted octanol–water partition coefficient (Wildman–Crippen LogP) is 2.07. The monoisotopic (exact) mass is 227 g/mol. The molecule has 0 unspecified atom stereocenters. The molecule has 0 aliphatic heterocycles. The standard InChI is InChI=1S/C13H13N3O/c1-13(2,9-15)12(17)16(3)11-6-4-10(8-14)5-7-11/h4-7H,1-3H3. The molecule has 0 aliphatic carbocycles. The van der Waals surface area contributed by atoms with Gasteiger partial charge in [-0.15, -0.1) is 0 Å². The van der Waals surface area contributed by atoms with Crippen LogP contribution in [-0.4, -0.2) is 13.0 Å². The van der Waals surface area contributed by atoms with Gasteiger partial charge in [-0.1, -0.05) is 0 Å². The number of carbonyl (C=O) groups excluding carboxylic acids is 1. The van der Waals surface area contributed by atoms with Gasteiger partial charge in [-0.05, 0) is 38.1 Å². The zero-order valence-electron chi connectivity index (χ0n) is 10.1. The largest absolute Gasteiger partial charge is 0.314 e. The molecule has 1 amide bonds. The van der Waals surface area contributed by atoms with Crippen LogP contribution >= 0.6 is 0 Å². The average molecular weight is 227 g/mol. The topological polar surface area (TPSA) is 67.9 Å². The zero-order valence-corrected chi connectivity index (χ0v) is 10.1. The molecule has 4 heteroatoms. The Balaban J connectivity index is 2.98. The molecule has 0 fully saturated rings. The van der Waals surface area contributed by atoms with E-state index in [9.17, 15) is 4.79 Å². The summed E-state index contributed by atoms with van der Waals surface area (Å²) in [5.41, 5.74) is 0.148. The molecule has 0 atom stereocenters. The molecule has 0 radical (unpaired) electrons. The number of hydrogen-bond donors (Lipinski definition) is 0. The maximum Gasteiger partial charge on any atom is 0.246 e. The van der Waals surface area contributed by atoms with E-state index >= 15 is 0 Å². The van der Waals surface area contributed by atoms with Crippen LogP contribution in [0.5, 0.6) is 0 Å². The summed E-state index contributed by atoms with van der Waals surface area (Å²) in [7, 11) is 1.61. The van der Waals surface area contributed by atoms with Gasteiger partial charge in [0, 0.05) is 12.7 Å². The molecule has 1 rings (SSSR count). The number of amides is 1. The second-order valence-electron chi connectivity index (χ2n) is 4.26. The van der Waals surface area contributed by atoms with Crippen LogP contribution in [0.15, 0.2) is 24.3 Å². The van der Waals surface area contributed by atoms with Crippen LogP contribution in [0.25, 0.3) is 0 Å². The van der Waals surface area contributed by atoms with Crippen molar-refractivity contribution in [3.8, 4) is 12.1 Å². The summed E-state index contributed by atoms with van der Waals surface area (Å²) in [6.07, 6.45) is 0. The van der Waals surface area contributed by atoms with Crippen molar-refractivity contribution >= 4 is 11.6 Å². The van der Waals surface area contributed by atoms with Gasteiger partial charge in [-0.2, -0.15) is 10.5 Å². The average Bonchev–Trinajstić information content (AvgIpc) is 2.37. The van der Waals surface area contributed by atoms with Crippen LogP contribution in [0, 0.1) is 28.1 Å². The van der Waals surface area contributed by atoms with E-state index in [-0.39, 0.29) is 5.91 Å². The zero-order chi connectivity index (χ0) is 13.1. The lowest BCUT2D eigenvalue weighted by molar-refractivity contribution is -0.123. The van der Waals surface area contributed by atoms with Crippen molar-refractivity contribution in [3.05, 3.63) is 29.8 Å². The minimum atomic E-state index is -1.05.